The van der Waals surface area contributed by atoms with Gasteiger partial charge < -0.3 is 11.1 Å². The van der Waals surface area contributed by atoms with Crippen LogP contribution in [0.25, 0.3) is 0 Å². The molecule has 0 spiro atoms. The molecule has 0 radical (unpaired) electrons. The first-order valence-electron chi connectivity index (χ1n) is 5.26. The number of benzene rings is 1. The zero-order valence-corrected chi connectivity index (χ0v) is 11.7. The molecule has 1 amide bonds. The number of nitrogens with two attached hydrogens (primary N) is 1. The lowest BCUT2D eigenvalue weighted by molar-refractivity contribution is -0.118. The molecule has 1 unspecified atom stereocenters. The number of thioether (sulfide) groups is 1. The van der Waals surface area contributed by atoms with Gasteiger partial charge in [0.1, 0.15) is 0 Å². The van der Waals surface area contributed by atoms with Crippen LogP contribution in [0, 0.1) is 5.92 Å². The van der Waals surface area contributed by atoms with E-state index in [1.54, 1.807) is 11.8 Å². The van der Waals surface area contributed by atoms with Crippen molar-refractivity contribution in [2.75, 3.05) is 17.3 Å². The summed E-state index contributed by atoms with van der Waals surface area (Å²) in [7, 11) is 0. The van der Waals surface area contributed by atoms with E-state index >= 15 is 0 Å². The molecule has 0 fully saturated rings. The van der Waals surface area contributed by atoms with Gasteiger partial charge in [0.2, 0.25) is 5.91 Å². The Kier molecular flexibility index (Phi) is 8.04. The maximum atomic E-state index is 11.7. The van der Waals surface area contributed by atoms with Crippen molar-refractivity contribution in [1.29, 1.82) is 0 Å². The van der Waals surface area contributed by atoms with E-state index in [-0.39, 0.29) is 24.2 Å². The highest BCUT2D eigenvalue weighted by molar-refractivity contribution is 7.98. The second-order valence-corrected chi connectivity index (χ2v) is 4.66. The smallest absolute Gasteiger partial charge is 0.228 e. The fourth-order valence-electron chi connectivity index (χ4n) is 1.32. The highest BCUT2D eigenvalue weighted by Crippen LogP contribution is 2.12. The quantitative estimate of drug-likeness (QED) is 0.867. The second-order valence-electron chi connectivity index (χ2n) is 3.75. The van der Waals surface area contributed by atoms with Gasteiger partial charge in [0.05, 0.1) is 0 Å². The Balaban J connectivity index is 0.00000256. The molecule has 0 aliphatic heterocycles. The number of halogens is 1. The van der Waals surface area contributed by atoms with E-state index in [0.717, 1.165) is 17.0 Å². The van der Waals surface area contributed by atoms with Gasteiger partial charge in [0.15, 0.2) is 0 Å². The predicted molar refractivity (Wildman–Crippen MR) is 77.8 cm³/mol. The summed E-state index contributed by atoms with van der Waals surface area (Å²) in [6.45, 7) is 2.46. The highest BCUT2D eigenvalue weighted by Gasteiger charge is 2.11. The summed E-state index contributed by atoms with van der Waals surface area (Å²) < 4.78 is 0. The zero-order chi connectivity index (χ0) is 12.0. The highest BCUT2D eigenvalue weighted by atomic mass is 35.5. The first-order valence-corrected chi connectivity index (χ1v) is 6.65. The van der Waals surface area contributed by atoms with Gasteiger partial charge in [-0.05, 0) is 24.0 Å². The van der Waals surface area contributed by atoms with E-state index < -0.39 is 0 Å². The third kappa shape index (κ3) is 5.44. The summed E-state index contributed by atoms with van der Waals surface area (Å²) in [5.41, 5.74) is 7.39. The van der Waals surface area contributed by atoms with Crippen LogP contribution in [0.4, 0.5) is 5.69 Å². The number of anilines is 1. The number of nitrogens with one attached hydrogen (secondary N) is 1. The lowest BCUT2D eigenvalue weighted by Gasteiger charge is -2.11. The van der Waals surface area contributed by atoms with Crippen molar-refractivity contribution in [1.82, 2.24) is 0 Å². The Labute approximate surface area is 113 Å². The molecule has 0 saturated heterocycles. The van der Waals surface area contributed by atoms with Crippen LogP contribution in [0.3, 0.4) is 0 Å². The van der Waals surface area contributed by atoms with E-state index in [4.69, 9.17) is 5.73 Å². The van der Waals surface area contributed by atoms with Crippen LogP contribution in [0.2, 0.25) is 0 Å². The third-order valence-electron chi connectivity index (χ3n) is 2.32. The molecule has 1 atom stereocenters. The Morgan fingerprint density at radius 3 is 2.47 bits per heavy atom. The second kappa shape index (κ2) is 8.39. The predicted octanol–water partition coefficient (Wildman–Crippen LogP) is 2.50. The lowest BCUT2D eigenvalue weighted by atomic mass is 10.1. The van der Waals surface area contributed by atoms with Gasteiger partial charge in [0.25, 0.3) is 0 Å². The van der Waals surface area contributed by atoms with Crippen molar-refractivity contribution in [2.24, 2.45) is 11.7 Å². The van der Waals surface area contributed by atoms with Crippen LogP contribution in [0.5, 0.6) is 0 Å². The van der Waals surface area contributed by atoms with Gasteiger partial charge in [-0.1, -0.05) is 19.1 Å². The molecule has 0 saturated carbocycles. The average molecular weight is 275 g/mol. The maximum Gasteiger partial charge on any atom is 0.228 e. The van der Waals surface area contributed by atoms with Gasteiger partial charge in [-0.3, -0.25) is 4.79 Å². The summed E-state index contributed by atoms with van der Waals surface area (Å²) >= 11 is 1.68. The molecule has 0 aliphatic carbocycles. The molecule has 96 valence electrons. The molecular weight excluding hydrogens is 256 g/mol. The molecule has 0 heterocycles. The fourth-order valence-corrected chi connectivity index (χ4v) is 1.97. The summed E-state index contributed by atoms with van der Waals surface area (Å²) in [6.07, 6.45) is 2.00. The number of carbonyl (C=O) groups is 1. The van der Waals surface area contributed by atoms with Gasteiger partial charge in [-0.2, -0.15) is 11.8 Å². The number of carbonyl (C=O) groups excluding carboxylic acids is 1. The minimum atomic E-state index is 0. The molecule has 1 rings (SSSR count). The Hall–Kier alpha value is -0.710. The molecular formula is C12H19ClN2OS. The van der Waals surface area contributed by atoms with Crippen LogP contribution < -0.4 is 11.1 Å². The van der Waals surface area contributed by atoms with Gasteiger partial charge in [0, 0.05) is 23.9 Å². The molecule has 17 heavy (non-hydrogen) atoms. The van der Waals surface area contributed by atoms with Crippen LogP contribution in [0.15, 0.2) is 24.3 Å². The van der Waals surface area contributed by atoms with Crippen molar-refractivity contribution in [3.8, 4) is 0 Å². The summed E-state index contributed by atoms with van der Waals surface area (Å²) in [5, 5.41) is 2.88. The number of amides is 1. The molecule has 0 aromatic heterocycles. The van der Waals surface area contributed by atoms with Crippen molar-refractivity contribution in [3.63, 3.8) is 0 Å². The number of hydrogen-bond donors (Lipinski definition) is 2. The molecule has 0 bridgehead atoms. The van der Waals surface area contributed by atoms with Crippen molar-refractivity contribution < 1.29 is 4.79 Å². The largest absolute Gasteiger partial charge is 0.326 e. The first kappa shape index (κ1) is 16.3. The van der Waals surface area contributed by atoms with Crippen LogP contribution in [0.1, 0.15) is 12.5 Å². The zero-order valence-electron chi connectivity index (χ0n) is 10.1. The Morgan fingerprint density at radius 2 is 2.00 bits per heavy atom. The van der Waals surface area contributed by atoms with Crippen LogP contribution in [-0.2, 0) is 11.3 Å². The van der Waals surface area contributed by atoms with E-state index in [2.05, 4.69) is 5.32 Å². The number of rotatable bonds is 5. The normalized spacial score (nSPS) is 11.5. The van der Waals surface area contributed by atoms with E-state index in [0.29, 0.717) is 6.54 Å². The van der Waals surface area contributed by atoms with Gasteiger partial charge in [-0.15, -0.1) is 12.4 Å². The molecule has 3 nitrogen and oxygen atoms in total. The lowest BCUT2D eigenvalue weighted by Crippen LogP contribution is -2.22. The molecule has 3 N–H and O–H groups in total. The van der Waals surface area contributed by atoms with E-state index in [9.17, 15) is 4.79 Å². The monoisotopic (exact) mass is 274 g/mol. The molecule has 5 heteroatoms. The van der Waals surface area contributed by atoms with Gasteiger partial charge >= 0.3 is 0 Å². The summed E-state index contributed by atoms with van der Waals surface area (Å²) in [4.78, 5) is 11.7. The minimum absolute atomic E-state index is 0. The van der Waals surface area contributed by atoms with Gasteiger partial charge in [-0.25, -0.2) is 0 Å². The van der Waals surface area contributed by atoms with Crippen molar-refractivity contribution >= 4 is 35.8 Å². The number of hydrogen-bond acceptors (Lipinski definition) is 3. The minimum Gasteiger partial charge on any atom is -0.326 e. The maximum absolute atomic E-state index is 11.7. The average Bonchev–Trinajstić information content (AvgIpc) is 2.30. The standard InChI is InChI=1S/C12H18N2OS.ClH/c1-9(8-16-2)12(15)14-11-5-3-10(7-13)4-6-11;/h3-6,9H,7-8,13H2,1-2H3,(H,14,15);1H. The third-order valence-corrected chi connectivity index (χ3v) is 3.15. The van der Waals surface area contributed by atoms with Crippen LogP contribution in [-0.4, -0.2) is 17.9 Å². The molecule has 1 aromatic rings. The summed E-state index contributed by atoms with van der Waals surface area (Å²) in [5.74, 6) is 0.936. The fraction of sp³-hybridized carbons (Fsp3) is 0.417. The Morgan fingerprint density at radius 1 is 1.41 bits per heavy atom. The first-order chi connectivity index (χ1) is 7.67. The van der Waals surface area contributed by atoms with Crippen molar-refractivity contribution in [2.45, 2.75) is 13.5 Å². The SMILES string of the molecule is CSCC(C)C(=O)Nc1ccc(CN)cc1.Cl. The topological polar surface area (TPSA) is 55.1 Å². The van der Waals surface area contributed by atoms with Crippen molar-refractivity contribution in [3.05, 3.63) is 29.8 Å². The molecule has 0 aliphatic rings. The molecule has 1 aromatic carbocycles. The van der Waals surface area contributed by atoms with E-state index in [1.807, 2.05) is 37.4 Å². The van der Waals surface area contributed by atoms with E-state index in [1.165, 1.54) is 0 Å². The summed E-state index contributed by atoms with van der Waals surface area (Å²) in [6, 6.07) is 7.61. The Bertz CT molecular complexity index is 343. The van der Waals surface area contributed by atoms with Crippen LogP contribution >= 0.6 is 24.2 Å².